The molecule has 0 saturated heterocycles. The van der Waals surface area contributed by atoms with Gasteiger partial charge in [-0.15, -0.1) is 0 Å². The Morgan fingerprint density at radius 1 is 1.71 bits per heavy atom. The number of ether oxygens (including phenoxy) is 1. The van der Waals surface area contributed by atoms with E-state index in [1.807, 2.05) is 6.07 Å². The van der Waals surface area contributed by atoms with Crippen molar-refractivity contribution in [2.24, 2.45) is 0 Å². The van der Waals surface area contributed by atoms with Gasteiger partial charge >= 0.3 is 0 Å². The fourth-order valence-electron chi connectivity index (χ4n) is 1.28. The lowest BCUT2D eigenvalue weighted by atomic mass is 10.2. The number of hydrogen-bond donors (Lipinski definition) is 0. The normalized spacial score (nSPS) is 14.6. The van der Waals surface area contributed by atoms with Gasteiger partial charge in [0.2, 0.25) is 0 Å². The maximum atomic E-state index is 11.3. The van der Waals surface area contributed by atoms with Crippen LogP contribution in [0.15, 0.2) is 18.8 Å². The largest absolute Gasteiger partial charge is 0.480 e. The van der Waals surface area contributed by atoms with Gasteiger partial charge in [-0.05, 0) is 11.6 Å². The first-order valence-corrected chi connectivity index (χ1v) is 4.24. The molecule has 1 aliphatic rings. The van der Waals surface area contributed by atoms with Gasteiger partial charge in [0, 0.05) is 13.2 Å². The van der Waals surface area contributed by atoms with Crippen LogP contribution in [0.3, 0.4) is 0 Å². The molecule has 1 aromatic heterocycles. The van der Waals surface area contributed by atoms with Crippen molar-refractivity contribution < 1.29 is 9.53 Å². The number of anilines is 1. The predicted octanol–water partition coefficient (Wildman–Crippen LogP) is 1.08. The van der Waals surface area contributed by atoms with E-state index in [0.717, 1.165) is 5.56 Å². The smallest absolute Gasteiger partial charge is 0.265 e. The van der Waals surface area contributed by atoms with Crippen molar-refractivity contribution >= 4 is 17.8 Å². The molecule has 0 saturated carbocycles. The molecule has 0 atom stereocenters. The first-order chi connectivity index (χ1) is 6.72. The Kier molecular flexibility index (Phi) is 1.96. The van der Waals surface area contributed by atoms with E-state index in [4.69, 9.17) is 4.74 Å². The number of pyridine rings is 1. The van der Waals surface area contributed by atoms with E-state index >= 15 is 0 Å². The van der Waals surface area contributed by atoms with E-state index in [1.165, 1.54) is 4.90 Å². The van der Waals surface area contributed by atoms with Crippen molar-refractivity contribution in [2.45, 2.75) is 0 Å². The molecule has 0 aliphatic carbocycles. The van der Waals surface area contributed by atoms with E-state index in [1.54, 1.807) is 19.3 Å². The van der Waals surface area contributed by atoms with E-state index in [9.17, 15) is 4.79 Å². The van der Waals surface area contributed by atoms with Gasteiger partial charge in [-0.25, -0.2) is 4.98 Å². The van der Waals surface area contributed by atoms with Crippen LogP contribution in [0.5, 0.6) is 5.75 Å². The van der Waals surface area contributed by atoms with Gasteiger partial charge in [0.25, 0.3) is 5.91 Å². The van der Waals surface area contributed by atoms with E-state index in [2.05, 4.69) is 11.6 Å². The van der Waals surface area contributed by atoms with Gasteiger partial charge < -0.3 is 4.74 Å². The minimum absolute atomic E-state index is 0.0752. The molecule has 0 unspecified atom stereocenters. The lowest BCUT2D eigenvalue weighted by Gasteiger charge is -2.24. The third-order valence-corrected chi connectivity index (χ3v) is 2.13. The van der Waals surface area contributed by atoms with Crippen LogP contribution in [-0.4, -0.2) is 24.5 Å². The Bertz CT molecular complexity index is 401. The lowest BCUT2D eigenvalue weighted by Crippen LogP contribution is -2.36. The van der Waals surface area contributed by atoms with Crippen LogP contribution in [0.4, 0.5) is 5.82 Å². The zero-order valence-corrected chi connectivity index (χ0v) is 7.86. The van der Waals surface area contributed by atoms with Crippen LogP contribution in [0.1, 0.15) is 5.56 Å². The molecular formula is C10H10N2O2. The average molecular weight is 190 g/mol. The minimum atomic E-state index is -0.0867. The average Bonchev–Trinajstić information content (AvgIpc) is 2.23. The summed E-state index contributed by atoms with van der Waals surface area (Å²) in [6.07, 6.45) is 3.34. The molecular weight excluding hydrogens is 180 g/mol. The van der Waals surface area contributed by atoms with Crippen molar-refractivity contribution in [2.75, 3.05) is 18.6 Å². The molecule has 0 spiro atoms. The first-order valence-electron chi connectivity index (χ1n) is 4.24. The summed E-state index contributed by atoms with van der Waals surface area (Å²) in [5.41, 5.74) is 0.881. The number of amides is 1. The molecule has 72 valence electrons. The fraction of sp³-hybridized carbons (Fsp3) is 0.200. The molecule has 4 nitrogen and oxygen atoms in total. The summed E-state index contributed by atoms with van der Waals surface area (Å²) in [5.74, 6) is 1.10. The van der Waals surface area contributed by atoms with Crippen molar-refractivity contribution in [3.05, 3.63) is 24.4 Å². The SMILES string of the molecule is C=Cc1cnc2c(c1)OCC(=O)N2C. The standard InChI is InChI=1S/C10H10N2O2/c1-3-7-4-8-10(11-5-7)12(2)9(13)6-14-8/h3-5H,1,6H2,2H3. The Morgan fingerprint density at radius 3 is 3.21 bits per heavy atom. The molecule has 14 heavy (non-hydrogen) atoms. The molecule has 0 aromatic carbocycles. The van der Waals surface area contributed by atoms with Gasteiger partial charge in [0.1, 0.15) is 0 Å². The number of carbonyl (C=O) groups excluding carboxylic acids is 1. The van der Waals surface area contributed by atoms with Crippen LogP contribution >= 0.6 is 0 Å². The molecule has 0 N–H and O–H groups in total. The summed E-state index contributed by atoms with van der Waals surface area (Å²) in [6, 6.07) is 1.82. The molecule has 2 rings (SSSR count). The van der Waals surface area contributed by atoms with Gasteiger partial charge in [0.05, 0.1) is 0 Å². The second-order valence-corrected chi connectivity index (χ2v) is 3.04. The number of nitrogens with zero attached hydrogens (tertiary/aromatic N) is 2. The number of hydrogen-bond acceptors (Lipinski definition) is 3. The van der Waals surface area contributed by atoms with Gasteiger partial charge in [-0.2, -0.15) is 0 Å². The zero-order valence-electron chi connectivity index (χ0n) is 7.86. The van der Waals surface area contributed by atoms with Crippen LogP contribution in [0, 0.1) is 0 Å². The number of carbonyl (C=O) groups is 1. The summed E-state index contributed by atoms with van der Waals surface area (Å²) in [5, 5.41) is 0. The Labute approximate surface area is 81.8 Å². The highest BCUT2D eigenvalue weighted by molar-refractivity contribution is 5.96. The number of rotatable bonds is 1. The highest BCUT2D eigenvalue weighted by Crippen LogP contribution is 2.29. The van der Waals surface area contributed by atoms with Crippen molar-refractivity contribution in [1.82, 2.24) is 4.98 Å². The monoisotopic (exact) mass is 190 g/mol. The Balaban J connectivity index is 2.48. The summed E-state index contributed by atoms with van der Waals surface area (Å²) in [4.78, 5) is 16.9. The van der Waals surface area contributed by atoms with Crippen LogP contribution < -0.4 is 9.64 Å². The van der Waals surface area contributed by atoms with E-state index in [0.29, 0.717) is 11.6 Å². The molecule has 0 bridgehead atoms. The number of likely N-dealkylation sites (N-methyl/N-ethyl adjacent to an activating group) is 1. The molecule has 1 aromatic rings. The first kappa shape index (κ1) is 8.74. The Hall–Kier alpha value is -1.84. The number of aromatic nitrogens is 1. The number of fused-ring (bicyclic) bond motifs is 1. The fourth-order valence-corrected chi connectivity index (χ4v) is 1.28. The third kappa shape index (κ3) is 1.25. The topological polar surface area (TPSA) is 42.4 Å². The minimum Gasteiger partial charge on any atom is -0.480 e. The molecule has 0 radical (unpaired) electrons. The van der Waals surface area contributed by atoms with Crippen LogP contribution in [-0.2, 0) is 4.79 Å². The van der Waals surface area contributed by atoms with Gasteiger partial charge in [-0.1, -0.05) is 12.7 Å². The third-order valence-electron chi connectivity index (χ3n) is 2.13. The maximum absolute atomic E-state index is 11.3. The van der Waals surface area contributed by atoms with Crippen molar-refractivity contribution in [3.8, 4) is 5.75 Å². The predicted molar refractivity (Wildman–Crippen MR) is 53.2 cm³/mol. The van der Waals surface area contributed by atoms with Gasteiger partial charge in [-0.3, -0.25) is 9.69 Å². The molecule has 1 amide bonds. The molecule has 2 heterocycles. The summed E-state index contributed by atoms with van der Waals surface area (Å²) in [6.45, 7) is 3.71. The second-order valence-electron chi connectivity index (χ2n) is 3.04. The zero-order chi connectivity index (χ0) is 10.1. The second kappa shape index (κ2) is 3.14. The summed E-state index contributed by atoms with van der Waals surface area (Å²) in [7, 11) is 1.68. The summed E-state index contributed by atoms with van der Waals surface area (Å²) >= 11 is 0. The molecule has 1 aliphatic heterocycles. The summed E-state index contributed by atoms with van der Waals surface area (Å²) < 4.78 is 5.25. The quantitative estimate of drug-likeness (QED) is 0.665. The van der Waals surface area contributed by atoms with E-state index < -0.39 is 0 Å². The van der Waals surface area contributed by atoms with Crippen molar-refractivity contribution in [1.29, 1.82) is 0 Å². The maximum Gasteiger partial charge on any atom is 0.265 e. The lowest BCUT2D eigenvalue weighted by molar-refractivity contribution is -0.121. The highest BCUT2D eigenvalue weighted by Gasteiger charge is 2.23. The van der Waals surface area contributed by atoms with E-state index in [-0.39, 0.29) is 12.5 Å². The Morgan fingerprint density at radius 2 is 2.50 bits per heavy atom. The molecule has 0 fully saturated rings. The van der Waals surface area contributed by atoms with Crippen molar-refractivity contribution in [3.63, 3.8) is 0 Å². The molecule has 4 heteroatoms. The van der Waals surface area contributed by atoms with Crippen LogP contribution in [0.2, 0.25) is 0 Å². The van der Waals surface area contributed by atoms with Crippen LogP contribution in [0.25, 0.3) is 6.08 Å². The van der Waals surface area contributed by atoms with Gasteiger partial charge in [0.15, 0.2) is 18.2 Å². The highest BCUT2D eigenvalue weighted by atomic mass is 16.5.